The molecule has 0 atom stereocenters. The molecule has 0 radical (unpaired) electrons. The minimum absolute atomic E-state index is 0.148. The molecule has 2 N–H and O–H groups in total. The van der Waals surface area contributed by atoms with Gasteiger partial charge in [-0.25, -0.2) is 5.10 Å². The number of hydrogen-bond acceptors (Lipinski definition) is 3. The fraction of sp³-hybridized carbons (Fsp3) is 0.267. The van der Waals surface area contributed by atoms with Gasteiger partial charge in [0.05, 0.1) is 5.69 Å². The van der Waals surface area contributed by atoms with Crippen molar-refractivity contribution in [2.45, 2.75) is 24.1 Å². The molecule has 1 amide bonds. The van der Waals surface area contributed by atoms with E-state index in [1.54, 1.807) is 18.2 Å². The molecule has 1 aromatic heterocycles. The number of H-pyrrole nitrogens is 1. The van der Waals surface area contributed by atoms with Crippen LogP contribution in [0.2, 0.25) is 0 Å². The highest BCUT2D eigenvalue weighted by atomic mass is 35.5. The predicted molar refractivity (Wildman–Crippen MR) is 81.4 cm³/mol. The van der Waals surface area contributed by atoms with Gasteiger partial charge < -0.3 is 5.32 Å². The Labute approximate surface area is 126 Å². The first-order chi connectivity index (χ1) is 10.1. The van der Waals surface area contributed by atoms with Gasteiger partial charge in [-0.1, -0.05) is 12.1 Å². The van der Waals surface area contributed by atoms with Gasteiger partial charge in [-0.05, 0) is 37.5 Å². The van der Waals surface area contributed by atoms with Crippen LogP contribution in [0.25, 0.3) is 11.3 Å². The van der Waals surface area contributed by atoms with Crippen molar-refractivity contribution >= 4 is 23.2 Å². The van der Waals surface area contributed by atoms with E-state index in [1.165, 1.54) is 6.07 Å². The number of nitrogens with one attached hydrogen (secondary N) is 2. The minimum atomic E-state index is -0.737. The van der Waals surface area contributed by atoms with E-state index in [2.05, 4.69) is 15.5 Å². The zero-order valence-corrected chi connectivity index (χ0v) is 12.0. The van der Waals surface area contributed by atoms with Crippen LogP contribution < -0.4 is 10.9 Å². The van der Waals surface area contributed by atoms with Gasteiger partial charge in [0.2, 0.25) is 5.91 Å². The van der Waals surface area contributed by atoms with E-state index in [-0.39, 0.29) is 11.5 Å². The van der Waals surface area contributed by atoms with E-state index in [0.717, 1.165) is 24.8 Å². The van der Waals surface area contributed by atoms with Gasteiger partial charge in [0, 0.05) is 17.3 Å². The number of carbonyl (C=O) groups is 1. The molecule has 1 aliphatic rings. The number of carbonyl (C=O) groups excluding carboxylic acids is 1. The van der Waals surface area contributed by atoms with Gasteiger partial charge in [0.15, 0.2) is 0 Å². The molecule has 0 unspecified atom stereocenters. The summed E-state index contributed by atoms with van der Waals surface area (Å²) in [5.74, 6) is -0.148. The fourth-order valence-corrected chi connectivity index (χ4v) is 2.50. The average Bonchev–Trinajstić information content (AvgIpc) is 2.46. The second-order valence-electron chi connectivity index (χ2n) is 5.16. The number of halogens is 1. The van der Waals surface area contributed by atoms with Crippen molar-refractivity contribution in [1.29, 1.82) is 0 Å². The first-order valence-electron chi connectivity index (χ1n) is 6.73. The molecule has 1 heterocycles. The molecule has 5 nitrogen and oxygen atoms in total. The van der Waals surface area contributed by atoms with Crippen molar-refractivity contribution in [1.82, 2.24) is 10.2 Å². The van der Waals surface area contributed by atoms with Gasteiger partial charge in [-0.2, -0.15) is 5.10 Å². The average molecular weight is 304 g/mol. The molecule has 0 spiro atoms. The normalized spacial score (nSPS) is 16.0. The maximum Gasteiger partial charge on any atom is 0.264 e. The summed E-state index contributed by atoms with van der Waals surface area (Å²) in [7, 11) is 0. The van der Waals surface area contributed by atoms with Crippen molar-refractivity contribution < 1.29 is 4.79 Å². The molecular weight excluding hydrogens is 290 g/mol. The highest BCUT2D eigenvalue weighted by Crippen LogP contribution is 2.39. The molecule has 0 saturated heterocycles. The lowest BCUT2D eigenvalue weighted by molar-refractivity contribution is -0.120. The van der Waals surface area contributed by atoms with E-state index < -0.39 is 4.87 Å². The monoisotopic (exact) mass is 303 g/mol. The van der Waals surface area contributed by atoms with Crippen LogP contribution in [0.15, 0.2) is 41.2 Å². The Morgan fingerprint density at radius 3 is 2.43 bits per heavy atom. The number of anilines is 1. The Morgan fingerprint density at radius 2 is 1.90 bits per heavy atom. The number of hydrogen-bond donors (Lipinski definition) is 2. The first kappa shape index (κ1) is 13.8. The van der Waals surface area contributed by atoms with E-state index in [0.29, 0.717) is 11.4 Å². The zero-order valence-electron chi connectivity index (χ0n) is 11.2. The Balaban J connectivity index is 1.73. The lowest BCUT2D eigenvalue weighted by atomic mass is 9.83. The third-order valence-corrected chi connectivity index (χ3v) is 4.22. The van der Waals surface area contributed by atoms with Crippen LogP contribution in [0.3, 0.4) is 0 Å². The number of aromatic amines is 1. The van der Waals surface area contributed by atoms with Crippen molar-refractivity contribution in [2.24, 2.45) is 0 Å². The molecule has 1 fully saturated rings. The molecule has 1 aromatic carbocycles. The first-order valence-corrected chi connectivity index (χ1v) is 7.11. The number of aromatic nitrogens is 2. The lowest BCUT2D eigenvalue weighted by Gasteiger charge is -2.33. The summed E-state index contributed by atoms with van der Waals surface area (Å²) in [5, 5.41) is 9.17. The van der Waals surface area contributed by atoms with Crippen LogP contribution in [-0.4, -0.2) is 21.0 Å². The highest BCUT2D eigenvalue weighted by Gasteiger charge is 2.42. The summed E-state index contributed by atoms with van der Waals surface area (Å²) in [6.45, 7) is 0. The number of amides is 1. The minimum Gasteiger partial charge on any atom is -0.325 e. The molecule has 108 valence electrons. The molecule has 2 aromatic rings. The number of benzene rings is 1. The van der Waals surface area contributed by atoms with Crippen molar-refractivity contribution in [3.05, 3.63) is 46.8 Å². The van der Waals surface area contributed by atoms with Gasteiger partial charge in [0.25, 0.3) is 5.56 Å². The van der Waals surface area contributed by atoms with E-state index in [4.69, 9.17) is 11.6 Å². The number of nitrogens with zero attached hydrogens (tertiary/aromatic N) is 1. The van der Waals surface area contributed by atoms with Crippen LogP contribution in [0.4, 0.5) is 5.69 Å². The molecule has 0 bridgehead atoms. The third-order valence-electron chi connectivity index (χ3n) is 3.67. The Kier molecular flexibility index (Phi) is 3.51. The zero-order chi connectivity index (χ0) is 14.9. The quantitative estimate of drug-likeness (QED) is 0.856. The molecule has 1 aliphatic carbocycles. The van der Waals surface area contributed by atoms with Crippen molar-refractivity contribution in [3.63, 3.8) is 0 Å². The summed E-state index contributed by atoms with van der Waals surface area (Å²) < 4.78 is 0. The molecule has 3 rings (SSSR count). The van der Waals surface area contributed by atoms with Crippen LogP contribution in [0.1, 0.15) is 19.3 Å². The van der Waals surface area contributed by atoms with Gasteiger partial charge in [-0.3, -0.25) is 9.59 Å². The maximum atomic E-state index is 12.0. The van der Waals surface area contributed by atoms with Crippen LogP contribution in [-0.2, 0) is 4.79 Å². The van der Waals surface area contributed by atoms with E-state index >= 15 is 0 Å². The van der Waals surface area contributed by atoms with Gasteiger partial charge >= 0.3 is 0 Å². The molecule has 1 saturated carbocycles. The maximum absolute atomic E-state index is 12.0. The predicted octanol–water partition coefficient (Wildman–Crippen LogP) is 2.54. The summed E-state index contributed by atoms with van der Waals surface area (Å²) in [4.78, 5) is 22.3. The van der Waals surface area contributed by atoms with E-state index in [1.807, 2.05) is 12.1 Å². The Morgan fingerprint density at radius 1 is 1.19 bits per heavy atom. The van der Waals surface area contributed by atoms with Gasteiger partial charge in [-0.15, -0.1) is 11.6 Å². The molecule has 21 heavy (non-hydrogen) atoms. The summed E-state index contributed by atoms with van der Waals surface area (Å²) >= 11 is 6.19. The largest absolute Gasteiger partial charge is 0.325 e. The topological polar surface area (TPSA) is 74.8 Å². The fourth-order valence-electron chi connectivity index (χ4n) is 2.19. The SMILES string of the molecule is O=C(Nc1ccc(-c2ccc(=O)[nH]n2)cc1)C1(Cl)CCC1. The van der Waals surface area contributed by atoms with Gasteiger partial charge in [0.1, 0.15) is 4.87 Å². The van der Waals surface area contributed by atoms with Crippen LogP contribution >= 0.6 is 11.6 Å². The standard InChI is InChI=1S/C15H14ClN3O2/c16-15(8-1-9-15)14(21)17-11-4-2-10(3-5-11)12-6-7-13(20)19-18-12/h2-7H,1,8-9H2,(H,17,21)(H,19,20). The summed E-state index contributed by atoms with van der Waals surface area (Å²) in [6, 6.07) is 10.3. The van der Waals surface area contributed by atoms with Crippen molar-refractivity contribution in [2.75, 3.05) is 5.32 Å². The Bertz CT molecular complexity index is 700. The van der Waals surface area contributed by atoms with E-state index in [9.17, 15) is 9.59 Å². The summed E-state index contributed by atoms with van der Waals surface area (Å²) in [5.41, 5.74) is 1.98. The summed E-state index contributed by atoms with van der Waals surface area (Å²) in [6.07, 6.45) is 2.44. The third kappa shape index (κ3) is 2.83. The molecule has 0 aliphatic heterocycles. The molecule has 6 heteroatoms. The van der Waals surface area contributed by atoms with Crippen LogP contribution in [0, 0.1) is 0 Å². The Hall–Kier alpha value is -2.14. The number of alkyl halides is 1. The second kappa shape index (κ2) is 5.33. The second-order valence-corrected chi connectivity index (χ2v) is 5.88. The molecular formula is C15H14ClN3O2. The van der Waals surface area contributed by atoms with Crippen molar-refractivity contribution in [3.8, 4) is 11.3 Å². The number of rotatable bonds is 3. The smallest absolute Gasteiger partial charge is 0.264 e. The highest BCUT2D eigenvalue weighted by molar-refractivity contribution is 6.37. The lowest BCUT2D eigenvalue weighted by Crippen LogP contribution is -2.43. The van der Waals surface area contributed by atoms with Crippen LogP contribution in [0.5, 0.6) is 0 Å².